The summed E-state index contributed by atoms with van der Waals surface area (Å²) in [5.74, 6) is -4.05. The van der Waals surface area contributed by atoms with Crippen molar-refractivity contribution in [1.29, 1.82) is 5.26 Å². The van der Waals surface area contributed by atoms with Crippen LogP contribution in [0.4, 0.5) is 8.78 Å². The number of pyridine rings is 1. The van der Waals surface area contributed by atoms with Gasteiger partial charge in [0.05, 0.1) is 43.8 Å². The largest absolute Gasteiger partial charge is 0.481 e. The Labute approximate surface area is 236 Å². The number of allylic oxidation sites excluding steroid dienone is 1. The lowest BCUT2D eigenvalue weighted by Crippen LogP contribution is -2.29. The van der Waals surface area contributed by atoms with Gasteiger partial charge in [0, 0.05) is 16.3 Å². The predicted octanol–water partition coefficient (Wildman–Crippen LogP) is 6.56. The molecule has 0 aliphatic rings. The molecule has 0 aliphatic heterocycles. The number of benzene rings is 1. The number of rotatable bonds is 10. The number of aromatic nitrogens is 3. The van der Waals surface area contributed by atoms with Gasteiger partial charge >= 0.3 is 5.92 Å². The second-order valence-electron chi connectivity index (χ2n) is 10.1. The van der Waals surface area contributed by atoms with Crippen LogP contribution >= 0.6 is 11.6 Å². The zero-order valence-corrected chi connectivity index (χ0v) is 24.0. The third-order valence-electron chi connectivity index (χ3n) is 5.81. The Balaban J connectivity index is 2.15. The van der Waals surface area contributed by atoms with E-state index in [-0.39, 0.29) is 29.5 Å². The van der Waals surface area contributed by atoms with E-state index >= 15 is 8.78 Å². The number of hydrogen-bond acceptors (Lipinski definition) is 7. The summed E-state index contributed by atoms with van der Waals surface area (Å²) in [6.45, 7) is 12.3. The number of ether oxygens (including phenoxy) is 3. The van der Waals surface area contributed by atoms with Gasteiger partial charge in [-0.2, -0.15) is 14.0 Å². The third-order valence-corrected chi connectivity index (χ3v) is 6.03. The fourth-order valence-corrected chi connectivity index (χ4v) is 3.95. The number of nitriles is 1. The zero-order chi connectivity index (χ0) is 29.8. The highest BCUT2D eigenvalue weighted by Gasteiger charge is 2.39. The van der Waals surface area contributed by atoms with Gasteiger partial charge in [-0.25, -0.2) is 9.97 Å². The van der Waals surface area contributed by atoms with Crippen molar-refractivity contribution in [1.82, 2.24) is 14.5 Å². The Hall–Kier alpha value is -3.81. The molecule has 0 saturated heterocycles. The highest BCUT2D eigenvalue weighted by Crippen LogP contribution is 2.39. The summed E-state index contributed by atoms with van der Waals surface area (Å²) in [6.07, 6.45) is 1.55. The fraction of sp³-hybridized carbons (Fsp3) is 0.379. The van der Waals surface area contributed by atoms with Crippen LogP contribution in [0.25, 0.3) is 0 Å². The highest BCUT2D eigenvalue weighted by molar-refractivity contribution is 6.30. The molecule has 8 nitrogen and oxygen atoms in total. The maximum Gasteiger partial charge on any atom is 0.314 e. The molecule has 0 saturated carbocycles. The molecule has 40 heavy (non-hydrogen) atoms. The van der Waals surface area contributed by atoms with E-state index in [0.29, 0.717) is 29.1 Å². The SMILES string of the molecule is C=C(C)C(F)(F)c1ncn(Cc2cc(COC(C)(C)C)c(OC)nc2CC)c(=O)c1Oc1cc(Cl)cc(C#N)c1. The average Bonchev–Trinajstić information content (AvgIpc) is 2.88. The summed E-state index contributed by atoms with van der Waals surface area (Å²) in [5, 5.41) is 9.40. The van der Waals surface area contributed by atoms with Gasteiger partial charge in [0.1, 0.15) is 5.75 Å². The van der Waals surface area contributed by atoms with Gasteiger partial charge in [-0.15, -0.1) is 0 Å². The minimum absolute atomic E-state index is 0.0389. The number of halogens is 3. The lowest BCUT2D eigenvalue weighted by Gasteiger charge is -2.22. The van der Waals surface area contributed by atoms with Crippen molar-refractivity contribution < 1.29 is 23.0 Å². The molecular formula is C29H31ClF2N4O4. The van der Waals surface area contributed by atoms with Crippen molar-refractivity contribution in [2.24, 2.45) is 0 Å². The molecule has 212 valence electrons. The number of methoxy groups -OCH3 is 1. The van der Waals surface area contributed by atoms with Crippen LogP contribution in [0.1, 0.15) is 62.7 Å². The maximum atomic E-state index is 15.1. The smallest absolute Gasteiger partial charge is 0.314 e. The Morgan fingerprint density at radius 1 is 1.20 bits per heavy atom. The molecule has 0 atom stereocenters. The van der Waals surface area contributed by atoms with Crippen molar-refractivity contribution in [2.75, 3.05) is 7.11 Å². The molecule has 1 aromatic carbocycles. The Morgan fingerprint density at radius 3 is 2.48 bits per heavy atom. The van der Waals surface area contributed by atoms with Crippen LogP contribution < -0.4 is 15.0 Å². The Bertz CT molecular complexity index is 1520. The van der Waals surface area contributed by atoms with Crippen LogP contribution in [0.3, 0.4) is 0 Å². The minimum Gasteiger partial charge on any atom is -0.481 e. The Kier molecular flexibility index (Phi) is 9.33. The number of alkyl halides is 2. The van der Waals surface area contributed by atoms with Gasteiger partial charge in [-0.1, -0.05) is 25.1 Å². The van der Waals surface area contributed by atoms with E-state index in [1.807, 2.05) is 39.8 Å². The van der Waals surface area contributed by atoms with Gasteiger partial charge in [0.2, 0.25) is 11.6 Å². The van der Waals surface area contributed by atoms with Crippen LogP contribution in [0.5, 0.6) is 17.4 Å². The third kappa shape index (κ3) is 7.03. The molecule has 0 N–H and O–H groups in total. The first-order chi connectivity index (χ1) is 18.7. The monoisotopic (exact) mass is 572 g/mol. The molecular weight excluding hydrogens is 542 g/mol. The van der Waals surface area contributed by atoms with E-state index in [1.165, 1.54) is 25.3 Å². The molecule has 2 aromatic heterocycles. The summed E-state index contributed by atoms with van der Waals surface area (Å²) in [6, 6.07) is 7.70. The number of aryl methyl sites for hydroxylation is 1. The van der Waals surface area contributed by atoms with Crippen molar-refractivity contribution in [3.63, 3.8) is 0 Å². The first-order valence-electron chi connectivity index (χ1n) is 12.4. The lowest BCUT2D eigenvalue weighted by molar-refractivity contribution is -0.0158. The van der Waals surface area contributed by atoms with Gasteiger partial charge in [-0.05, 0) is 69.5 Å². The summed E-state index contributed by atoms with van der Waals surface area (Å²) >= 11 is 6.06. The topological polar surface area (TPSA) is 99.3 Å². The normalized spacial score (nSPS) is 11.7. The standard InChI is InChI=1S/C29H31ClF2N4O4/c1-8-23-19(11-20(26(35-23)38-7)15-39-28(4,5)6)14-36-16-34-25(29(31,32)17(2)3)24(27(36)37)40-22-10-18(13-33)9-21(30)12-22/h9-12,16H,2,8,14-15H2,1,3-7H3. The number of hydrogen-bond donors (Lipinski definition) is 0. The van der Waals surface area contributed by atoms with E-state index in [9.17, 15) is 10.1 Å². The first kappa shape index (κ1) is 30.7. The fourth-order valence-electron chi connectivity index (χ4n) is 3.73. The molecule has 0 aliphatic carbocycles. The van der Waals surface area contributed by atoms with Crippen LogP contribution in [0.15, 0.2) is 47.5 Å². The van der Waals surface area contributed by atoms with Gasteiger partial charge in [-0.3, -0.25) is 9.36 Å². The van der Waals surface area contributed by atoms with Gasteiger partial charge in [0.25, 0.3) is 5.56 Å². The van der Waals surface area contributed by atoms with Crippen LogP contribution in [-0.4, -0.2) is 27.2 Å². The maximum absolute atomic E-state index is 15.1. The molecule has 0 radical (unpaired) electrons. The van der Waals surface area contributed by atoms with Crippen molar-refractivity contribution in [3.05, 3.63) is 86.2 Å². The van der Waals surface area contributed by atoms with E-state index in [2.05, 4.69) is 16.5 Å². The molecule has 11 heteroatoms. The van der Waals surface area contributed by atoms with E-state index < -0.39 is 34.1 Å². The highest BCUT2D eigenvalue weighted by atomic mass is 35.5. The van der Waals surface area contributed by atoms with Crippen LogP contribution in [-0.2, 0) is 30.2 Å². The first-order valence-corrected chi connectivity index (χ1v) is 12.8. The van der Waals surface area contributed by atoms with Crippen molar-refractivity contribution in [3.8, 4) is 23.4 Å². The second-order valence-corrected chi connectivity index (χ2v) is 10.6. The lowest BCUT2D eigenvalue weighted by atomic mass is 10.1. The predicted molar refractivity (Wildman–Crippen MR) is 147 cm³/mol. The summed E-state index contributed by atoms with van der Waals surface area (Å²) in [5.41, 5.74) is -0.621. The second kappa shape index (κ2) is 12.1. The molecule has 0 fully saturated rings. The zero-order valence-electron chi connectivity index (χ0n) is 23.3. The van der Waals surface area contributed by atoms with Crippen LogP contribution in [0, 0.1) is 11.3 Å². The van der Waals surface area contributed by atoms with Gasteiger partial charge in [0.15, 0.2) is 5.69 Å². The van der Waals surface area contributed by atoms with E-state index in [1.54, 1.807) is 0 Å². The Morgan fingerprint density at radius 2 is 1.90 bits per heavy atom. The molecule has 0 spiro atoms. The molecule has 0 amide bonds. The molecule has 0 bridgehead atoms. The van der Waals surface area contributed by atoms with Crippen molar-refractivity contribution >= 4 is 11.6 Å². The average molecular weight is 573 g/mol. The summed E-state index contributed by atoms with van der Waals surface area (Å²) in [4.78, 5) is 22.2. The molecule has 3 aromatic rings. The number of nitrogens with zero attached hydrogens (tertiary/aromatic N) is 4. The van der Waals surface area contributed by atoms with E-state index in [4.69, 9.17) is 25.8 Å². The quantitative estimate of drug-likeness (QED) is 0.254. The van der Waals surface area contributed by atoms with Gasteiger partial charge < -0.3 is 14.2 Å². The minimum atomic E-state index is -3.67. The van der Waals surface area contributed by atoms with Crippen molar-refractivity contribution in [2.45, 2.75) is 65.7 Å². The van der Waals surface area contributed by atoms with E-state index in [0.717, 1.165) is 17.8 Å². The summed E-state index contributed by atoms with van der Waals surface area (Å²) < 4.78 is 48.4. The molecule has 3 rings (SSSR count). The summed E-state index contributed by atoms with van der Waals surface area (Å²) in [7, 11) is 1.51. The molecule has 0 unspecified atom stereocenters. The molecule has 2 heterocycles. The van der Waals surface area contributed by atoms with Crippen LogP contribution in [0.2, 0.25) is 5.02 Å².